The average molecular weight is 625 g/mol. The molecule has 5 aromatic carbocycles. The van der Waals surface area contributed by atoms with Crippen LogP contribution in [0.25, 0.3) is 31.5 Å². The summed E-state index contributed by atoms with van der Waals surface area (Å²) in [6.07, 6.45) is 5.00. The van der Waals surface area contributed by atoms with Crippen LogP contribution in [-0.2, 0) is 5.41 Å². The first-order valence-electron chi connectivity index (χ1n) is 17.0. The van der Waals surface area contributed by atoms with Crippen molar-refractivity contribution < 1.29 is 4.42 Å². The zero-order chi connectivity index (χ0) is 31.1. The summed E-state index contributed by atoms with van der Waals surface area (Å²) >= 11 is 1.88. The van der Waals surface area contributed by atoms with Gasteiger partial charge >= 0.3 is 0 Å². The number of para-hydroxylation sites is 1. The maximum absolute atomic E-state index is 7.15. The van der Waals surface area contributed by atoms with Gasteiger partial charge in [-0.3, -0.25) is 4.90 Å². The van der Waals surface area contributed by atoms with Gasteiger partial charge in [-0.25, -0.2) is 0 Å². The first-order chi connectivity index (χ1) is 23.1. The minimum atomic E-state index is 0.0193. The monoisotopic (exact) mass is 624 g/mol. The highest BCUT2D eigenvalue weighted by atomic mass is 32.1. The number of fused-ring (bicyclic) bond motifs is 11. The SMILES string of the molecule is CC12CCCCC1(C)N1c3cccc4c3B(c3cccc2c31)c1c(oc2c1sc1ccccc12)N4c1cccc(-c2ccccc2)c1. The van der Waals surface area contributed by atoms with Crippen molar-refractivity contribution in [3.63, 3.8) is 0 Å². The molecule has 47 heavy (non-hydrogen) atoms. The lowest BCUT2D eigenvalue weighted by molar-refractivity contribution is 0.195. The molecule has 226 valence electrons. The van der Waals surface area contributed by atoms with Crippen molar-refractivity contribution in [1.29, 1.82) is 0 Å². The van der Waals surface area contributed by atoms with Crippen molar-refractivity contribution >= 4 is 83.4 Å². The van der Waals surface area contributed by atoms with Gasteiger partial charge in [0.1, 0.15) is 0 Å². The molecule has 11 rings (SSSR count). The van der Waals surface area contributed by atoms with Gasteiger partial charge in [0.15, 0.2) is 5.58 Å². The van der Waals surface area contributed by atoms with Gasteiger partial charge in [-0.15, -0.1) is 11.3 Å². The molecule has 0 saturated heterocycles. The number of hydrogen-bond donors (Lipinski definition) is 0. The molecule has 2 atom stereocenters. The Kier molecular flexibility index (Phi) is 5.04. The maximum Gasteiger partial charge on any atom is 0.258 e. The van der Waals surface area contributed by atoms with Crippen LogP contribution < -0.4 is 26.2 Å². The first-order valence-corrected chi connectivity index (χ1v) is 17.8. The van der Waals surface area contributed by atoms with Gasteiger partial charge in [0.05, 0.1) is 10.2 Å². The quantitative estimate of drug-likeness (QED) is 0.179. The molecule has 1 fully saturated rings. The molecule has 0 N–H and O–H groups in total. The minimum absolute atomic E-state index is 0.0193. The largest absolute Gasteiger partial charge is 0.439 e. The van der Waals surface area contributed by atoms with E-state index in [0.29, 0.717) is 0 Å². The van der Waals surface area contributed by atoms with E-state index in [2.05, 4.69) is 139 Å². The second kappa shape index (κ2) is 8.99. The van der Waals surface area contributed by atoms with Crippen LogP contribution in [0.15, 0.2) is 120 Å². The van der Waals surface area contributed by atoms with Crippen LogP contribution in [0.2, 0.25) is 0 Å². The van der Waals surface area contributed by atoms with Crippen molar-refractivity contribution in [2.45, 2.75) is 50.5 Å². The summed E-state index contributed by atoms with van der Waals surface area (Å²) in [6, 6.07) is 42.6. The predicted molar refractivity (Wildman–Crippen MR) is 199 cm³/mol. The van der Waals surface area contributed by atoms with Crippen LogP contribution in [0.4, 0.5) is 28.6 Å². The van der Waals surface area contributed by atoms with Crippen LogP contribution in [0.5, 0.6) is 0 Å². The van der Waals surface area contributed by atoms with Crippen molar-refractivity contribution in [2.75, 3.05) is 9.80 Å². The van der Waals surface area contributed by atoms with Crippen LogP contribution in [0.1, 0.15) is 45.1 Å². The number of nitrogens with zero attached hydrogens (tertiary/aromatic N) is 2. The van der Waals surface area contributed by atoms with Gasteiger partial charge in [0.25, 0.3) is 6.71 Å². The summed E-state index contributed by atoms with van der Waals surface area (Å²) in [5.74, 6) is 0.954. The van der Waals surface area contributed by atoms with E-state index >= 15 is 0 Å². The molecular weight excluding hydrogens is 591 g/mol. The summed E-state index contributed by atoms with van der Waals surface area (Å²) < 4.78 is 9.71. The number of hydrogen-bond acceptors (Lipinski definition) is 4. The molecular formula is C42H33BN2OS. The summed E-state index contributed by atoms with van der Waals surface area (Å²) in [4.78, 5) is 5.21. The Morgan fingerprint density at radius 3 is 2.40 bits per heavy atom. The molecule has 1 aliphatic carbocycles. The van der Waals surface area contributed by atoms with Crippen molar-refractivity contribution in [3.05, 3.63) is 121 Å². The smallest absolute Gasteiger partial charge is 0.258 e. The second-order valence-corrected chi connectivity index (χ2v) is 15.4. The van der Waals surface area contributed by atoms with E-state index in [1.807, 2.05) is 11.3 Å². The Labute approximate surface area is 279 Å². The van der Waals surface area contributed by atoms with E-state index in [1.54, 1.807) is 0 Å². The molecule has 4 aliphatic rings. The van der Waals surface area contributed by atoms with E-state index in [1.165, 1.54) is 90.6 Å². The van der Waals surface area contributed by atoms with E-state index < -0.39 is 0 Å². The molecule has 0 spiro atoms. The molecule has 0 radical (unpaired) electrons. The standard InChI is InChI=1S/C42H33BN2OS/c1-41-23-8-9-24-42(41,2)45-33-21-12-20-32-35(33)43(31-19-11-18-30(41)37(31)45)36-39-38(29-17-6-7-22-34(29)47-39)46-40(36)44(32)28-16-10-15-27(25-28)26-13-4-3-5-14-26/h3-7,10-22,25H,8-9,23-24H2,1-2H3. The fourth-order valence-electron chi connectivity index (χ4n) is 9.87. The first kappa shape index (κ1) is 26.3. The minimum Gasteiger partial charge on any atom is -0.439 e. The van der Waals surface area contributed by atoms with Crippen LogP contribution in [0, 0.1) is 0 Å². The van der Waals surface area contributed by atoms with Gasteiger partial charge in [-0.1, -0.05) is 98.6 Å². The second-order valence-electron chi connectivity index (χ2n) is 14.4. The van der Waals surface area contributed by atoms with Gasteiger partial charge in [-0.2, -0.15) is 0 Å². The van der Waals surface area contributed by atoms with Gasteiger partial charge in [-0.05, 0) is 83.8 Å². The lowest BCUT2D eigenvalue weighted by atomic mass is 9.34. The highest BCUT2D eigenvalue weighted by Gasteiger charge is 2.61. The topological polar surface area (TPSA) is 19.6 Å². The third-order valence-corrected chi connectivity index (χ3v) is 13.4. The lowest BCUT2D eigenvalue weighted by Gasteiger charge is -2.52. The molecule has 5 heteroatoms. The van der Waals surface area contributed by atoms with Gasteiger partial charge < -0.3 is 9.32 Å². The number of benzene rings is 5. The summed E-state index contributed by atoms with van der Waals surface area (Å²) in [7, 11) is 0. The number of anilines is 5. The molecule has 0 bridgehead atoms. The van der Waals surface area contributed by atoms with E-state index in [9.17, 15) is 0 Å². The van der Waals surface area contributed by atoms with E-state index in [0.717, 1.165) is 17.2 Å². The van der Waals surface area contributed by atoms with E-state index in [-0.39, 0.29) is 17.7 Å². The zero-order valence-electron chi connectivity index (χ0n) is 26.6. The Morgan fingerprint density at radius 2 is 1.49 bits per heavy atom. The third-order valence-electron chi connectivity index (χ3n) is 12.2. The predicted octanol–water partition coefficient (Wildman–Crippen LogP) is 9.67. The Balaban J connectivity index is 1.25. The summed E-state index contributed by atoms with van der Waals surface area (Å²) in [5.41, 5.74) is 14.4. The molecule has 3 aliphatic heterocycles. The van der Waals surface area contributed by atoms with Crippen LogP contribution in [-0.4, -0.2) is 12.3 Å². The zero-order valence-corrected chi connectivity index (χ0v) is 27.4. The van der Waals surface area contributed by atoms with Crippen molar-refractivity contribution in [2.24, 2.45) is 0 Å². The molecule has 7 aromatic rings. The maximum atomic E-state index is 7.15. The van der Waals surface area contributed by atoms with Crippen LogP contribution in [0.3, 0.4) is 0 Å². The van der Waals surface area contributed by atoms with Crippen molar-refractivity contribution in [1.82, 2.24) is 0 Å². The normalized spacial score (nSPS) is 22.0. The van der Waals surface area contributed by atoms with Gasteiger partial charge in [0.2, 0.25) is 5.88 Å². The lowest BCUT2D eigenvalue weighted by Crippen LogP contribution is -2.64. The van der Waals surface area contributed by atoms with Crippen molar-refractivity contribution in [3.8, 4) is 11.1 Å². The number of rotatable bonds is 2. The molecule has 5 heterocycles. The molecule has 2 aromatic heterocycles. The fraction of sp³-hybridized carbons (Fsp3) is 0.190. The average Bonchev–Trinajstić information content (AvgIpc) is 3.72. The Bertz CT molecular complexity index is 2440. The molecule has 1 saturated carbocycles. The third kappa shape index (κ3) is 3.14. The van der Waals surface area contributed by atoms with Crippen LogP contribution >= 0.6 is 11.3 Å². The summed E-state index contributed by atoms with van der Waals surface area (Å²) in [6.45, 7) is 5.19. The molecule has 3 nitrogen and oxygen atoms in total. The number of thiophene rings is 1. The Morgan fingerprint density at radius 1 is 0.723 bits per heavy atom. The van der Waals surface area contributed by atoms with E-state index in [4.69, 9.17) is 4.42 Å². The number of furan rings is 1. The fourth-order valence-corrected chi connectivity index (χ4v) is 11.1. The highest BCUT2D eigenvalue weighted by Crippen LogP contribution is 2.61. The summed E-state index contributed by atoms with van der Waals surface area (Å²) in [5, 5.41) is 1.20. The highest BCUT2D eigenvalue weighted by molar-refractivity contribution is 7.28. The van der Waals surface area contributed by atoms with Gasteiger partial charge in [0, 0.05) is 43.7 Å². The molecule has 0 amide bonds. The Hall–Kier alpha value is -4.74. The molecule has 2 unspecified atom stereocenters.